The standard InChI is InChI=1S/C34H48N12O24P4/c1-4-62-7-14-15(66-30(21(14)48)46-13-43(2)20-28(46)41-33(36)42-29(20)51)8-64-72(55,56)69-74(59,60)70-73(57,58)65-10-17-25(24(61-3)32(68-17)45-12-39-19-26(35)37-11-38-27(19)45)71(53,54)63-9-16-22(49)23(50)31(67-16)44-6-5-18(47)40-34(44)52/h5-6,11-17,21-25,30-32,48-50H,4,7-10H2,1-3H3,(H9-,35,36,37,38,40,41,42,47,51,52,53,54,55,56,57,58,59,60)/t14-,15-,16-,17-,21-,22-,23-,24-,25-,30-,31-,32-/m1/s1. The van der Waals surface area contributed by atoms with E-state index in [2.05, 4.69) is 33.5 Å². The number of aliphatic hydroxyl groups is 3. The number of rotatable bonds is 21. The molecule has 0 amide bonds. The third kappa shape index (κ3) is 11.4. The Balaban J connectivity index is 0.959. The van der Waals surface area contributed by atoms with Gasteiger partial charge in [-0.15, -0.1) is 0 Å². The van der Waals surface area contributed by atoms with E-state index < -0.39 is 141 Å². The van der Waals surface area contributed by atoms with Crippen LogP contribution in [-0.4, -0.2) is 162 Å². The van der Waals surface area contributed by atoms with Crippen LogP contribution >= 0.6 is 31.1 Å². The quantitative estimate of drug-likeness (QED) is 0.0246. The third-order valence-electron chi connectivity index (χ3n) is 11.8. The summed E-state index contributed by atoms with van der Waals surface area (Å²) < 4.78 is 110. The smallest absolute Gasteiger partial charge is 0.490 e. The predicted molar refractivity (Wildman–Crippen MR) is 238 cm³/mol. The first-order valence-corrected chi connectivity index (χ1v) is 27.6. The maximum absolute atomic E-state index is 14.2. The average molecular weight is 1130 g/mol. The normalized spacial score (nSPS) is 30.6. The molecule has 0 bridgehead atoms. The number of aryl methyl sites for hydroxylation is 1. The molecule has 12 N–H and O–H groups in total. The predicted octanol–water partition coefficient (Wildman–Crippen LogP) is -4.15. The number of aromatic amines is 2. The number of aliphatic hydroxyl groups excluding tert-OH is 3. The van der Waals surface area contributed by atoms with E-state index in [4.69, 9.17) is 48.7 Å². The molecule has 8 heterocycles. The molecule has 3 aliphatic rings. The van der Waals surface area contributed by atoms with E-state index >= 15 is 0 Å². The number of aromatic nitrogens is 10. The van der Waals surface area contributed by atoms with Crippen molar-refractivity contribution in [1.29, 1.82) is 0 Å². The lowest BCUT2D eigenvalue weighted by Crippen LogP contribution is -2.45. The van der Waals surface area contributed by atoms with Crippen molar-refractivity contribution in [2.75, 3.05) is 51.6 Å². The molecule has 0 saturated carbocycles. The van der Waals surface area contributed by atoms with Crippen LogP contribution < -0.4 is 37.7 Å². The number of H-pyrrole nitrogens is 2. The highest BCUT2D eigenvalue weighted by Crippen LogP contribution is 2.68. The van der Waals surface area contributed by atoms with Gasteiger partial charge in [-0.1, -0.05) is 4.98 Å². The molecular weight excluding hydrogens is 1080 g/mol. The lowest BCUT2D eigenvalue weighted by Gasteiger charge is -2.35. The van der Waals surface area contributed by atoms with Crippen LogP contribution in [0.25, 0.3) is 22.3 Å². The van der Waals surface area contributed by atoms with Crippen molar-refractivity contribution in [2.24, 2.45) is 13.0 Å². The summed E-state index contributed by atoms with van der Waals surface area (Å²) in [5, 5.41) is 32.8. The number of methoxy groups -OCH3 is 1. The Bertz CT molecular complexity index is 3260. The molecule has 3 aliphatic heterocycles. The van der Waals surface area contributed by atoms with Crippen LogP contribution in [-0.2, 0) is 71.2 Å². The molecule has 0 radical (unpaired) electrons. The number of hydrogen-bond donors (Lipinski definition) is 10. The van der Waals surface area contributed by atoms with Crippen molar-refractivity contribution in [2.45, 2.75) is 74.0 Å². The molecule has 16 atom stereocenters. The number of nitrogens with two attached hydrogens (primary N) is 2. The summed E-state index contributed by atoms with van der Waals surface area (Å²) >= 11 is 0. The molecule has 3 saturated heterocycles. The van der Waals surface area contributed by atoms with Gasteiger partial charge in [-0.25, -0.2) is 38.0 Å². The van der Waals surface area contributed by atoms with Crippen molar-refractivity contribution >= 4 is 65.2 Å². The Morgan fingerprint density at radius 2 is 1.49 bits per heavy atom. The first-order valence-electron chi connectivity index (χ1n) is 21.5. The molecule has 5 aromatic rings. The Kier molecular flexibility index (Phi) is 16.1. The van der Waals surface area contributed by atoms with Crippen molar-refractivity contribution in [3.8, 4) is 0 Å². The Morgan fingerprint density at radius 3 is 2.15 bits per heavy atom. The van der Waals surface area contributed by atoms with E-state index in [1.165, 1.54) is 22.5 Å². The van der Waals surface area contributed by atoms with Crippen molar-refractivity contribution in [3.05, 3.63) is 62.4 Å². The average Bonchev–Trinajstić information content (AvgIpc) is 4.12. The van der Waals surface area contributed by atoms with Gasteiger partial charge in [0.2, 0.25) is 11.7 Å². The van der Waals surface area contributed by atoms with Crippen molar-refractivity contribution < 1.29 is 104 Å². The van der Waals surface area contributed by atoms with Gasteiger partial charge in [0.1, 0.15) is 50.0 Å². The summed E-state index contributed by atoms with van der Waals surface area (Å²) in [5.41, 5.74) is 7.13. The molecule has 0 aliphatic carbocycles. The molecule has 3 fully saturated rings. The van der Waals surface area contributed by atoms with Crippen LogP contribution in [0, 0.1) is 5.92 Å². The van der Waals surface area contributed by atoms with E-state index in [1.54, 1.807) is 6.92 Å². The van der Waals surface area contributed by atoms with Gasteiger partial charge in [0.15, 0.2) is 30.2 Å². The van der Waals surface area contributed by atoms with E-state index in [9.17, 15) is 67.5 Å². The second kappa shape index (κ2) is 21.4. The number of anilines is 2. The Hall–Kier alpha value is -4.58. The zero-order chi connectivity index (χ0) is 53.8. The fourth-order valence-corrected chi connectivity index (χ4v) is 13.8. The minimum Gasteiger partial charge on any atom is -0.778 e. The van der Waals surface area contributed by atoms with Gasteiger partial charge in [-0.05, 0) is 6.92 Å². The van der Waals surface area contributed by atoms with E-state index in [-0.39, 0.29) is 47.3 Å². The topological polar surface area (TPSA) is 510 Å². The monoisotopic (exact) mass is 1130 g/mol. The van der Waals surface area contributed by atoms with Gasteiger partial charge in [0.25, 0.3) is 17.1 Å². The van der Waals surface area contributed by atoms with E-state index in [1.807, 2.05) is 4.98 Å². The Labute approximate surface area is 412 Å². The third-order valence-corrected chi connectivity index (χ3v) is 17.9. The number of imidazole rings is 2. The van der Waals surface area contributed by atoms with Gasteiger partial charge in [0, 0.05) is 31.9 Å². The molecule has 0 aromatic carbocycles. The van der Waals surface area contributed by atoms with Gasteiger partial charge in [0.05, 0.1) is 57.7 Å². The maximum Gasteiger partial charge on any atom is 0.490 e. The molecule has 8 rings (SSSR count). The molecule has 36 nitrogen and oxygen atoms in total. The molecule has 5 aromatic heterocycles. The number of phosphoric ester groups is 2. The lowest BCUT2D eigenvalue weighted by molar-refractivity contribution is -0.745. The SMILES string of the molecule is CCOC[C@H]1[C@@H](O)[C@H]([n+]2cn(C)c3c(=O)[nH]c(N)nc32)O[C@@H]1COP(=O)(O)OP(=O)(O)OP(=O)(O)OC[C@H]1O[C@@H](n2cnc3c(N)ncnc32)[C@H](OC)[C@@H]1P(=O)([O-])OC[C@H]1O[C@@H](n2ccc(=O)[nH]c2=O)[C@H](O)[C@@H]1O. The maximum atomic E-state index is 14.2. The van der Waals surface area contributed by atoms with Crippen LogP contribution in [0.1, 0.15) is 25.6 Å². The molecule has 40 heteroatoms. The lowest BCUT2D eigenvalue weighted by atomic mass is 9.99. The number of nitrogens with one attached hydrogen (secondary N) is 2. The fourth-order valence-electron chi connectivity index (χ4n) is 8.52. The number of fused-ring (bicyclic) bond motifs is 2. The Morgan fingerprint density at radius 1 is 0.824 bits per heavy atom. The van der Waals surface area contributed by atoms with Crippen molar-refractivity contribution in [1.82, 2.24) is 43.6 Å². The van der Waals surface area contributed by atoms with Gasteiger partial charge < -0.3 is 79.1 Å². The molecule has 0 spiro atoms. The van der Waals surface area contributed by atoms with E-state index in [0.29, 0.717) is 0 Å². The summed E-state index contributed by atoms with van der Waals surface area (Å²) in [6.07, 6.45) is -12.0. The molecule has 408 valence electrons. The molecule has 74 heavy (non-hydrogen) atoms. The second-order valence-corrected chi connectivity index (χ2v) is 23.1. The fraction of sp³-hybridized carbons (Fsp3) is 0.588. The van der Waals surface area contributed by atoms with Crippen LogP contribution in [0.5, 0.6) is 0 Å². The summed E-state index contributed by atoms with van der Waals surface area (Å²) in [6, 6.07) is 0.918. The minimum atomic E-state index is -6.21. The summed E-state index contributed by atoms with van der Waals surface area (Å²) in [6.45, 7) is -1.81. The molecular formula is C34H48N12O24P4. The van der Waals surface area contributed by atoms with Crippen LogP contribution in [0.2, 0.25) is 0 Å². The highest BCUT2D eigenvalue weighted by molar-refractivity contribution is 7.66. The van der Waals surface area contributed by atoms with Crippen LogP contribution in [0.3, 0.4) is 0 Å². The summed E-state index contributed by atoms with van der Waals surface area (Å²) in [4.78, 5) is 103. The number of nitrogen functional groups attached to an aromatic ring is 2. The van der Waals surface area contributed by atoms with Crippen molar-refractivity contribution in [3.63, 3.8) is 0 Å². The largest absolute Gasteiger partial charge is 0.778 e. The first-order chi connectivity index (χ1) is 34.7. The second-order valence-electron chi connectivity index (χ2n) is 16.5. The molecule has 4 unspecified atom stereocenters. The van der Waals surface area contributed by atoms with Gasteiger partial charge in [-0.2, -0.15) is 8.62 Å². The minimum absolute atomic E-state index is 0.0208. The van der Waals surface area contributed by atoms with Crippen LogP contribution in [0.4, 0.5) is 11.8 Å². The summed E-state index contributed by atoms with van der Waals surface area (Å²) in [5.74, 6) is -1.41. The zero-order valence-electron chi connectivity index (χ0n) is 38.4. The zero-order valence-corrected chi connectivity index (χ0v) is 42.0. The number of ether oxygens (including phenoxy) is 5. The number of nitrogens with zero attached hydrogens (tertiary/aromatic N) is 8. The number of phosphoric acid groups is 3. The van der Waals surface area contributed by atoms with Crippen LogP contribution in [0.15, 0.2) is 45.6 Å². The summed E-state index contributed by atoms with van der Waals surface area (Å²) in [7, 11) is -21.0. The van der Waals surface area contributed by atoms with E-state index in [0.717, 1.165) is 41.2 Å². The van der Waals surface area contributed by atoms with Gasteiger partial charge in [-0.3, -0.25) is 42.3 Å². The van der Waals surface area contributed by atoms with Gasteiger partial charge >= 0.3 is 34.8 Å². The highest BCUT2D eigenvalue weighted by Gasteiger charge is 2.55. The number of hydrogen-bond acceptors (Lipinski definition) is 27. The highest BCUT2D eigenvalue weighted by atomic mass is 31.3. The first kappa shape index (κ1) is 55.6.